The maximum absolute atomic E-state index is 4.68. The SMILES string of the molecule is C1CCC2NC(c3nc(C4CC4)n[nH]3)CC2C1. The van der Waals surface area contributed by atoms with Gasteiger partial charge in [0.25, 0.3) is 0 Å². The topological polar surface area (TPSA) is 53.6 Å². The standard InChI is InChI=1S/C13H20N4/c1-2-4-10-9(3-1)7-11(14-10)13-15-12(16-17-13)8-5-6-8/h8-11,14H,1-7H2,(H,15,16,17). The van der Waals surface area contributed by atoms with Gasteiger partial charge in [-0.15, -0.1) is 0 Å². The third-order valence-electron chi connectivity index (χ3n) is 4.66. The fourth-order valence-corrected chi connectivity index (χ4v) is 3.50. The van der Waals surface area contributed by atoms with Crippen molar-refractivity contribution in [3.63, 3.8) is 0 Å². The number of nitrogens with one attached hydrogen (secondary N) is 2. The van der Waals surface area contributed by atoms with Crippen molar-refractivity contribution < 1.29 is 0 Å². The Labute approximate surface area is 102 Å². The lowest BCUT2D eigenvalue weighted by molar-refractivity contribution is 0.325. The van der Waals surface area contributed by atoms with Crippen LogP contribution in [0.4, 0.5) is 0 Å². The van der Waals surface area contributed by atoms with Crippen LogP contribution >= 0.6 is 0 Å². The van der Waals surface area contributed by atoms with E-state index >= 15 is 0 Å². The second-order valence-corrected chi connectivity index (χ2v) is 5.96. The Kier molecular flexibility index (Phi) is 2.25. The number of fused-ring (bicyclic) bond motifs is 1. The molecule has 0 bridgehead atoms. The summed E-state index contributed by atoms with van der Waals surface area (Å²) in [5.41, 5.74) is 0. The highest BCUT2D eigenvalue weighted by molar-refractivity contribution is 5.09. The summed E-state index contributed by atoms with van der Waals surface area (Å²) in [4.78, 5) is 4.68. The molecule has 17 heavy (non-hydrogen) atoms. The number of rotatable bonds is 2. The van der Waals surface area contributed by atoms with Crippen molar-refractivity contribution in [1.29, 1.82) is 0 Å². The minimum Gasteiger partial charge on any atom is -0.304 e. The summed E-state index contributed by atoms with van der Waals surface area (Å²) in [6.45, 7) is 0. The summed E-state index contributed by atoms with van der Waals surface area (Å²) in [6.07, 6.45) is 9.37. The van der Waals surface area contributed by atoms with E-state index in [1.807, 2.05) is 0 Å². The highest BCUT2D eigenvalue weighted by Gasteiger charge is 2.37. The quantitative estimate of drug-likeness (QED) is 0.822. The molecule has 2 saturated carbocycles. The van der Waals surface area contributed by atoms with E-state index in [9.17, 15) is 0 Å². The minimum atomic E-state index is 0.433. The summed E-state index contributed by atoms with van der Waals surface area (Å²) in [5.74, 6) is 3.67. The van der Waals surface area contributed by atoms with Gasteiger partial charge in [-0.2, -0.15) is 5.10 Å². The first kappa shape index (κ1) is 10.1. The van der Waals surface area contributed by atoms with E-state index in [4.69, 9.17) is 0 Å². The molecule has 0 spiro atoms. The molecule has 2 heterocycles. The van der Waals surface area contributed by atoms with Crippen molar-refractivity contribution in [3.8, 4) is 0 Å². The molecule has 0 aromatic carbocycles. The van der Waals surface area contributed by atoms with E-state index in [0.29, 0.717) is 12.0 Å². The van der Waals surface area contributed by atoms with Crippen LogP contribution in [0, 0.1) is 5.92 Å². The Balaban J connectivity index is 1.50. The van der Waals surface area contributed by atoms with E-state index in [-0.39, 0.29) is 0 Å². The minimum absolute atomic E-state index is 0.433. The van der Waals surface area contributed by atoms with Gasteiger partial charge in [0, 0.05) is 12.0 Å². The summed E-state index contributed by atoms with van der Waals surface area (Å²) >= 11 is 0. The van der Waals surface area contributed by atoms with Crippen molar-refractivity contribution in [1.82, 2.24) is 20.5 Å². The van der Waals surface area contributed by atoms with E-state index in [1.165, 1.54) is 44.9 Å². The van der Waals surface area contributed by atoms with Gasteiger partial charge in [-0.25, -0.2) is 4.98 Å². The fourth-order valence-electron chi connectivity index (χ4n) is 3.50. The van der Waals surface area contributed by atoms with Crippen LogP contribution in [0.5, 0.6) is 0 Å². The van der Waals surface area contributed by atoms with Gasteiger partial charge in [0.15, 0.2) is 5.82 Å². The number of aromatic nitrogens is 3. The Morgan fingerprint density at radius 2 is 1.94 bits per heavy atom. The maximum atomic E-state index is 4.68. The monoisotopic (exact) mass is 232 g/mol. The van der Waals surface area contributed by atoms with Gasteiger partial charge in [-0.05, 0) is 38.0 Å². The molecule has 1 saturated heterocycles. The Morgan fingerprint density at radius 3 is 2.76 bits per heavy atom. The van der Waals surface area contributed by atoms with Crippen molar-refractivity contribution in [3.05, 3.63) is 11.6 Å². The van der Waals surface area contributed by atoms with E-state index in [0.717, 1.165) is 23.6 Å². The first-order valence-corrected chi connectivity index (χ1v) is 7.08. The summed E-state index contributed by atoms with van der Waals surface area (Å²) in [6, 6.07) is 1.17. The average Bonchev–Trinajstić information content (AvgIpc) is 2.94. The van der Waals surface area contributed by atoms with E-state index in [2.05, 4.69) is 20.5 Å². The molecule has 1 aliphatic heterocycles. The highest BCUT2D eigenvalue weighted by Crippen LogP contribution is 2.40. The smallest absolute Gasteiger partial charge is 0.153 e. The highest BCUT2D eigenvalue weighted by atomic mass is 15.2. The predicted molar refractivity (Wildman–Crippen MR) is 64.6 cm³/mol. The Bertz CT molecular complexity index is 395. The lowest BCUT2D eigenvalue weighted by Crippen LogP contribution is -2.30. The van der Waals surface area contributed by atoms with Crippen LogP contribution in [0.3, 0.4) is 0 Å². The number of hydrogen-bond acceptors (Lipinski definition) is 3. The second kappa shape index (κ2) is 3.80. The van der Waals surface area contributed by atoms with Crippen LogP contribution in [0.2, 0.25) is 0 Å². The molecule has 3 aliphatic rings. The Hall–Kier alpha value is -0.900. The fraction of sp³-hybridized carbons (Fsp3) is 0.846. The predicted octanol–water partition coefficient (Wildman–Crippen LogP) is 2.28. The van der Waals surface area contributed by atoms with Gasteiger partial charge in [-0.3, -0.25) is 5.10 Å². The molecular formula is C13H20N4. The zero-order chi connectivity index (χ0) is 11.2. The largest absolute Gasteiger partial charge is 0.304 e. The first-order chi connectivity index (χ1) is 8.40. The van der Waals surface area contributed by atoms with Crippen molar-refractivity contribution in [2.75, 3.05) is 0 Å². The van der Waals surface area contributed by atoms with E-state index < -0.39 is 0 Å². The number of aromatic amines is 1. The molecule has 4 heteroatoms. The Morgan fingerprint density at radius 1 is 1.06 bits per heavy atom. The lowest BCUT2D eigenvalue weighted by Gasteiger charge is -2.24. The molecule has 3 unspecified atom stereocenters. The molecule has 4 rings (SSSR count). The van der Waals surface area contributed by atoms with Gasteiger partial charge in [0.1, 0.15) is 5.82 Å². The van der Waals surface area contributed by atoms with Gasteiger partial charge >= 0.3 is 0 Å². The molecule has 2 N–H and O–H groups in total. The van der Waals surface area contributed by atoms with Crippen molar-refractivity contribution >= 4 is 0 Å². The van der Waals surface area contributed by atoms with Crippen molar-refractivity contribution in [2.45, 2.75) is 62.9 Å². The zero-order valence-electron chi connectivity index (χ0n) is 10.2. The average molecular weight is 232 g/mol. The number of hydrogen-bond donors (Lipinski definition) is 2. The van der Waals surface area contributed by atoms with Crippen LogP contribution in [0.25, 0.3) is 0 Å². The van der Waals surface area contributed by atoms with Crippen LogP contribution < -0.4 is 5.32 Å². The molecule has 4 nitrogen and oxygen atoms in total. The van der Waals surface area contributed by atoms with Gasteiger partial charge < -0.3 is 5.32 Å². The lowest BCUT2D eigenvalue weighted by atomic mass is 9.85. The normalized spacial score (nSPS) is 37.1. The number of H-pyrrole nitrogens is 1. The summed E-state index contributed by atoms with van der Waals surface area (Å²) in [5, 5.41) is 11.3. The molecule has 1 aromatic heterocycles. The summed E-state index contributed by atoms with van der Waals surface area (Å²) in [7, 11) is 0. The molecule has 3 atom stereocenters. The number of nitrogens with zero attached hydrogens (tertiary/aromatic N) is 2. The van der Waals surface area contributed by atoms with Gasteiger partial charge in [0.2, 0.25) is 0 Å². The first-order valence-electron chi connectivity index (χ1n) is 7.08. The van der Waals surface area contributed by atoms with Crippen molar-refractivity contribution in [2.24, 2.45) is 5.92 Å². The molecule has 2 aliphatic carbocycles. The van der Waals surface area contributed by atoms with Gasteiger partial charge in [-0.1, -0.05) is 12.8 Å². The van der Waals surface area contributed by atoms with E-state index in [1.54, 1.807) is 0 Å². The van der Waals surface area contributed by atoms with Crippen LogP contribution in [0.1, 0.15) is 68.6 Å². The molecule has 0 amide bonds. The van der Waals surface area contributed by atoms with Crippen LogP contribution in [-0.4, -0.2) is 21.2 Å². The zero-order valence-corrected chi connectivity index (χ0v) is 10.2. The third kappa shape index (κ3) is 1.79. The molecule has 1 aromatic rings. The second-order valence-electron chi connectivity index (χ2n) is 5.96. The van der Waals surface area contributed by atoms with Crippen LogP contribution in [-0.2, 0) is 0 Å². The maximum Gasteiger partial charge on any atom is 0.153 e. The molecule has 0 radical (unpaired) electrons. The summed E-state index contributed by atoms with van der Waals surface area (Å²) < 4.78 is 0. The van der Waals surface area contributed by atoms with Crippen LogP contribution in [0.15, 0.2) is 0 Å². The molecule has 92 valence electrons. The third-order valence-corrected chi connectivity index (χ3v) is 4.66. The molecule has 3 fully saturated rings. The van der Waals surface area contributed by atoms with Gasteiger partial charge in [0.05, 0.1) is 6.04 Å². The molecular weight excluding hydrogens is 212 g/mol.